The Hall–Kier alpha value is -0.570. The minimum Gasteiger partial charge on any atom is -0.377 e. The summed E-state index contributed by atoms with van der Waals surface area (Å²) < 4.78 is 6.11. The van der Waals surface area contributed by atoms with E-state index in [9.17, 15) is 4.79 Å². The lowest BCUT2D eigenvalue weighted by molar-refractivity contribution is -0.134. The van der Waals surface area contributed by atoms with Crippen molar-refractivity contribution in [3.63, 3.8) is 0 Å². The number of nitrogens with one attached hydrogen (secondary N) is 2. The van der Waals surface area contributed by atoms with Crippen molar-refractivity contribution in [2.24, 2.45) is 22.2 Å². The first-order valence-electron chi connectivity index (χ1n) is 10.9. The van der Waals surface area contributed by atoms with Crippen molar-refractivity contribution >= 4 is 35.8 Å². The third kappa shape index (κ3) is 3.89. The van der Waals surface area contributed by atoms with Crippen molar-refractivity contribution < 1.29 is 9.53 Å². The second kappa shape index (κ2) is 9.06. The lowest BCUT2D eigenvalue weighted by atomic mass is 9.54. The van der Waals surface area contributed by atoms with Gasteiger partial charge >= 0.3 is 0 Å². The summed E-state index contributed by atoms with van der Waals surface area (Å²) in [6.45, 7) is 0.915. The molecule has 3 saturated carbocycles. The van der Waals surface area contributed by atoms with E-state index in [0.29, 0.717) is 29.5 Å². The van der Waals surface area contributed by atoms with Crippen LogP contribution in [0.25, 0.3) is 0 Å². The number of carbonyl (C=O) groups excluding carboxylic acids is 1. The summed E-state index contributed by atoms with van der Waals surface area (Å²) in [5.41, 5.74) is 0.328. The molecule has 160 valence electrons. The van der Waals surface area contributed by atoms with E-state index in [0.717, 1.165) is 38.2 Å². The lowest BCUT2D eigenvalue weighted by Crippen LogP contribution is -2.69. The zero-order valence-electron chi connectivity index (χ0n) is 17.6. The van der Waals surface area contributed by atoms with Crippen LogP contribution >= 0.6 is 24.0 Å². The van der Waals surface area contributed by atoms with Crippen LogP contribution < -0.4 is 10.6 Å². The van der Waals surface area contributed by atoms with Gasteiger partial charge in [-0.2, -0.15) is 0 Å². The van der Waals surface area contributed by atoms with Gasteiger partial charge in [0.05, 0.1) is 6.10 Å². The fraction of sp³-hybridized carbons (Fsp3) is 0.905. The van der Waals surface area contributed by atoms with Gasteiger partial charge in [-0.25, -0.2) is 0 Å². The fourth-order valence-corrected chi connectivity index (χ4v) is 6.33. The lowest BCUT2D eigenvalue weighted by Gasteiger charge is -2.57. The number of hydrogen-bond acceptors (Lipinski definition) is 3. The van der Waals surface area contributed by atoms with E-state index in [1.54, 1.807) is 4.90 Å². The number of guanidine groups is 1. The monoisotopic (exact) mass is 504 g/mol. The average Bonchev–Trinajstić information content (AvgIpc) is 3.33. The Kier molecular flexibility index (Phi) is 7.16. The molecule has 1 aliphatic heterocycles. The molecule has 4 aliphatic rings. The van der Waals surface area contributed by atoms with Gasteiger partial charge in [0.15, 0.2) is 5.96 Å². The van der Waals surface area contributed by atoms with Crippen molar-refractivity contribution in [1.82, 2.24) is 15.5 Å². The van der Waals surface area contributed by atoms with Crippen LogP contribution in [0, 0.1) is 17.3 Å². The molecular weight excluding hydrogens is 467 g/mol. The molecular formula is C21H37IN4O2. The molecule has 3 aliphatic carbocycles. The highest BCUT2D eigenvalue weighted by Gasteiger charge is 2.65. The first-order valence-corrected chi connectivity index (χ1v) is 10.9. The van der Waals surface area contributed by atoms with E-state index < -0.39 is 0 Å². The van der Waals surface area contributed by atoms with E-state index in [-0.39, 0.29) is 35.8 Å². The summed E-state index contributed by atoms with van der Waals surface area (Å²) in [5, 5.41) is 7.43. The van der Waals surface area contributed by atoms with E-state index >= 15 is 0 Å². The van der Waals surface area contributed by atoms with E-state index in [4.69, 9.17) is 4.74 Å². The van der Waals surface area contributed by atoms with Crippen molar-refractivity contribution in [2.75, 3.05) is 27.7 Å². The van der Waals surface area contributed by atoms with Gasteiger partial charge in [-0.05, 0) is 38.5 Å². The Bertz CT molecular complexity index is 591. The maximum Gasteiger partial charge on any atom is 0.225 e. The molecule has 1 heterocycles. The molecule has 4 rings (SSSR count). The fourth-order valence-electron chi connectivity index (χ4n) is 6.33. The van der Waals surface area contributed by atoms with Crippen LogP contribution in [0.2, 0.25) is 0 Å². The van der Waals surface area contributed by atoms with Crippen molar-refractivity contribution in [3.8, 4) is 0 Å². The smallest absolute Gasteiger partial charge is 0.225 e. The molecule has 0 aromatic rings. The number of hydrogen-bond donors (Lipinski definition) is 2. The minimum absolute atomic E-state index is 0. The minimum atomic E-state index is 0. The molecule has 1 spiro atoms. The van der Waals surface area contributed by atoms with Crippen LogP contribution in [0.15, 0.2) is 4.99 Å². The molecule has 2 N–H and O–H groups in total. The van der Waals surface area contributed by atoms with Gasteiger partial charge in [0.2, 0.25) is 5.91 Å². The number of fused-ring (bicyclic) bond motifs is 2. The SMILES string of the molecule is CN=C(NC1CCCC(C(=O)N(C)C)C1)NC1C2CCOC2C12CCCC2.I. The van der Waals surface area contributed by atoms with Gasteiger partial charge in [-0.1, -0.05) is 19.3 Å². The zero-order valence-corrected chi connectivity index (χ0v) is 19.9. The van der Waals surface area contributed by atoms with Gasteiger partial charge in [0.1, 0.15) is 0 Å². The molecule has 0 bridgehead atoms. The Balaban J connectivity index is 0.00000225. The highest BCUT2D eigenvalue weighted by molar-refractivity contribution is 14.0. The highest BCUT2D eigenvalue weighted by atomic mass is 127. The van der Waals surface area contributed by atoms with E-state index in [2.05, 4.69) is 15.6 Å². The quantitative estimate of drug-likeness (QED) is 0.353. The van der Waals surface area contributed by atoms with Gasteiger partial charge in [0.25, 0.3) is 0 Å². The summed E-state index contributed by atoms with van der Waals surface area (Å²) in [4.78, 5) is 18.6. The Morgan fingerprint density at radius 2 is 1.86 bits per heavy atom. The highest BCUT2D eigenvalue weighted by Crippen LogP contribution is 2.60. The predicted molar refractivity (Wildman–Crippen MR) is 122 cm³/mol. The molecule has 5 unspecified atom stereocenters. The van der Waals surface area contributed by atoms with Crippen LogP contribution in [-0.4, -0.2) is 62.7 Å². The average molecular weight is 504 g/mol. The standard InChI is InChI=1S/C21H36N4O2.HI/c1-22-20(23-15-8-6-7-14(13-15)19(26)25(2)3)24-17-16-9-12-27-18(16)21(17)10-4-5-11-21;/h14-18H,4-13H2,1-3H3,(H2,22,23,24);1H. The summed E-state index contributed by atoms with van der Waals surface area (Å²) >= 11 is 0. The van der Waals surface area contributed by atoms with Gasteiger partial charge in [-0.3, -0.25) is 9.79 Å². The molecule has 0 aromatic carbocycles. The normalized spacial score (nSPS) is 36.2. The first kappa shape index (κ1) is 22.1. The first-order chi connectivity index (χ1) is 13.0. The van der Waals surface area contributed by atoms with Crippen molar-refractivity contribution in [2.45, 2.75) is 76.0 Å². The maximum atomic E-state index is 12.4. The molecule has 1 amide bonds. The third-order valence-corrected chi connectivity index (χ3v) is 7.61. The number of nitrogens with zero attached hydrogens (tertiary/aromatic N) is 2. The molecule has 5 atom stereocenters. The summed E-state index contributed by atoms with van der Waals surface area (Å²) in [6.07, 6.45) is 11.0. The zero-order chi connectivity index (χ0) is 19.0. The summed E-state index contributed by atoms with van der Waals surface area (Å²) in [5.74, 6) is 1.96. The maximum absolute atomic E-state index is 12.4. The number of carbonyl (C=O) groups is 1. The molecule has 0 radical (unpaired) electrons. The molecule has 4 fully saturated rings. The number of halogens is 1. The van der Waals surface area contributed by atoms with Gasteiger partial charge in [0, 0.05) is 57.1 Å². The van der Waals surface area contributed by atoms with E-state index in [1.165, 1.54) is 32.1 Å². The second-order valence-electron chi connectivity index (χ2n) is 9.32. The number of aliphatic imine (C=N–C) groups is 1. The Labute approximate surface area is 186 Å². The van der Waals surface area contributed by atoms with Crippen LogP contribution in [0.3, 0.4) is 0 Å². The molecule has 7 heteroatoms. The summed E-state index contributed by atoms with van der Waals surface area (Å²) in [6, 6.07) is 0.815. The predicted octanol–water partition coefficient (Wildman–Crippen LogP) is 2.76. The molecule has 28 heavy (non-hydrogen) atoms. The Morgan fingerprint density at radius 1 is 1.11 bits per heavy atom. The number of amides is 1. The molecule has 0 aromatic heterocycles. The number of ether oxygens (including phenoxy) is 1. The number of rotatable bonds is 3. The van der Waals surface area contributed by atoms with Crippen molar-refractivity contribution in [1.29, 1.82) is 0 Å². The van der Waals surface area contributed by atoms with Crippen LogP contribution in [0.4, 0.5) is 0 Å². The van der Waals surface area contributed by atoms with Gasteiger partial charge < -0.3 is 20.3 Å². The topological polar surface area (TPSA) is 66.0 Å². The van der Waals surface area contributed by atoms with Crippen LogP contribution in [-0.2, 0) is 9.53 Å². The van der Waals surface area contributed by atoms with Crippen LogP contribution in [0.1, 0.15) is 57.8 Å². The Morgan fingerprint density at radius 3 is 2.54 bits per heavy atom. The second-order valence-corrected chi connectivity index (χ2v) is 9.32. The molecule has 6 nitrogen and oxygen atoms in total. The third-order valence-electron chi connectivity index (χ3n) is 7.61. The summed E-state index contributed by atoms with van der Waals surface area (Å²) in [7, 11) is 5.58. The van der Waals surface area contributed by atoms with Gasteiger partial charge in [-0.15, -0.1) is 24.0 Å². The van der Waals surface area contributed by atoms with Crippen LogP contribution in [0.5, 0.6) is 0 Å². The van der Waals surface area contributed by atoms with Crippen molar-refractivity contribution in [3.05, 3.63) is 0 Å². The van der Waals surface area contributed by atoms with E-state index in [1.807, 2.05) is 21.1 Å². The molecule has 1 saturated heterocycles. The largest absolute Gasteiger partial charge is 0.377 e.